The number of sulfonamides is 1. The first-order chi connectivity index (χ1) is 22.5. The molecule has 5 aromatic rings. The molecule has 0 spiro atoms. The second-order valence-corrected chi connectivity index (χ2v) is 13.1. The molecule has 0 saturated heterocycles. The lowest BCUT2D eigenvalue weighted by Crippen LogP contribution is -2.32. The van der Waals surface area contributed by atoms with E-state index < -0.39 is 22.2 Å². The number of anilines is 3. The molecule has 0 atom stereocenters. The van der Waals surface area contributed by atoms with Crippen LogP contribution in [-0.4, -0.2) is 48.7 Å². The smallest absolute Gasteiger partial charge is 0.475 e. The lowest BCUT2D eigenvalue weighted by atomic mass is 9.82. The molecular formula is C34H34F3N5O4S. The van der Waals surface area contributed by atoms with E-state index in [1.165, 1.54) is 0 Å². The maximum atomic E-state index is 12.9. The van der Waals surface area contributed by atoms with Gasteiger partial charge < -0.3 is 15.7 Å². The second kappa shape index (κ2) is 14.8. The summed E-state index contributed by atoms with van der Waals surface area (Å²) in [6, 6.07) is 31.1. The Morgan fingerprint density at radius 1 is 0.787 bits per heavy atom. The molecule has 0 amide bonds. The molecule has 1 aliphatic carbocycles. The number of nitrogens with zero attached hydrogens (tertiary/aromatic N) is 2. The Balaban J connectivity index is 0.000000559. The molecule has 1 fully saturated rings. The lowest BCUT2D eigenvalue weighted by Gasteiger charge is -2.28. The highest BCUT2D eigenvalue weighted by Gasteiger charge is 2.38. The molecule has 0 aliphatic heterocycles. The Hall–Kier alpha value is -4.75. The van der Waals surface area contributed by atoms with Crippen LogP contribution in [0.5, 0.6) is 0 Å². The van der Waals surface area contributed by atoms with Gasteiger partial charge in [0.15, 0.2) is 0 Å². The highest BCUT2D eigenvalue weighted by molar-refractivity contribution is 7.89. The Kier molecular flexibility index (Phi) is 10.6. The van der Waals surface area contributed by atoms with Crippen molar-refractivity contribution in [1.29, 1.82) is 0 Å². The van der Waals surface area contributed by atoms with Crippen molar-refractivity contribution in [3.63, 3.8) is 0 Å². The second-order valence-electron chi connectivity index (χ2n) is 11.3. The first kappa shape index (κ1) is 33.6. The van der Waals surface area contributed by atoms with Crippen LogP contribution >= 0.6 is 0 Å². The van der Waals surface area contributed by atoms with E-state index in [-0.39, 0.29) is 0 Å². The quantitative estimate of drug-likeness (QED) is 0.128. The summed E-state index contributed by atoms with van der Waals surface area (Å²) in [5.41, 5.74) is 1.87. The molecule has 0 unspecified atom stereocenters. The van der Waals surface area contributed by atoms with Gasteiger partial charge in [-0.15, -0.1) is 0 Å². The molecule has 6 rings (SSSR count). The van der Waals surface area contributed by atoms with Crippen molar-refractivity contribution < 1.29 is 31.5 Å². The monoisotopic (exact) mass is 665 g/mol. The fourth-order valence-electron chi connectivity index (χ4n) is 5.43. The average Bonchev–Trinajstić information content (AvgIpc) is 3.07. The molecule has 0 radical (unpaired) electrons. The van der Waals surface area contributed by atoms with Gasteiger partial charge in [-0.05, 0) is 84.7 Å². The fourth-order valence-corrected chi connectivity index (χ4v) is 6.58. The first-order valence-electron chi connectivity index (χ1n) is 15.1. The van der Waals surface area contributed by atoms with Gasteiger partial charge in [0.1, 0.15) is 5.82 Å². The van der Waals surface area contributed by atoms with Crippen LogP contribution in [0.3, 0.4) is 0 Å². The average molecular weight is 666 g/mol. The Morgan fingerprint density at radius 2 is 1.38 bits per heavy atom. The van der Waals surface area contributed by atoms with Crippen LogP contribution in [0.25, 0.3) is 21.7 Å². The summed E-state index contributed by atoms with van der Waals surface area (Å²) in [5, 5.41) is 17.0. The van der Waals surface area contributed by atoms with Crippen LogP contribution in [0.4, 0.5) is 30.6 Å². The van der Waals surface area contributed by atoms with Crippen LogP contribution in [0.1, 0.15) is 25.7 Å². The van der Waals surface area contributed by atoms with Crippen molar-refractivity contribution >= 4 is 55.1 Å². The van der Waals surface area contributed by atoms with E-state index in [9.17, 15) is 21.6 Å². The van der Waals surface area contributed by atoms with Gasteiger partial charge in [0.05, 0.1) is 10.4 Å². The van der Waals surface area contributed by atoms with Gasteiger partial charge in [0.25, 0.3) is 0 Å². The summed E-state index contributed by atoms with van der Waals surface area (Å²) < 4.78 is 60.5. The zero-order valence-corrected chi connectivity index (χ0v) is 26.1. The minimum Gasteiger partial charge on any atom is -0.475 e. The number of aromatic nitrogens is 2. The topological polar surface area (TPSA) is 133 Å². The predicted octanol–water partition coefficient (Wildman–Crippen LogP) is 7.36. The Bertz CT molecular complexity index is 1930. The van der Waals surface area contributed by atoms with Crippen LogP contribution in [0, 0.1) is 11.8 Å². The zero-order valence-electron chi connectivity index (χ0n) is 25.2. The molecule has 246 valence electrons. The van der Waals surface area contributed by atoms with Crippen LogP contribution in [0.15, 0.2) is 102 Å². The molecule has 1 heterocycles. The summed E-state index contributed by atoms with van der Waals surface area (Å²) in [6.07, 6.45) is -1.02. The number of benzene rings is 4. The Labute approximate surface area is 270 Å². The third-order valence-electron chi connectivity index (χ3n) is 7.99. The van der Waals surface area contributed by atoms with Crippen molar-refractivity contribution in [3.05, 3.63) is 97.1 Å². The minimum absolute atomic E-state index is 0.320. The number of halogens is 3. The van der Waals surface area contributed by atoms with Gasteiger partial charge in [-0.1, -0.05) is 60.7 Å². The van der Waals surface area contributed by atoms with Crippen molar-refractivity contribution in [2.45, 2.75) is 36.8 Å². The third-order valence-corrected chi connectivity index (χ3v) is 9.41. The fraction of sp³-hybridized carbons (Fsp3) is 0.265. The minimum atomic E-state index is -5.08. The maximum Gasteiger partial charge on any atom is 0.490 e. The van der Waals surface area contributed by atoms with Gasteiger partial charge in [0.2, 0.25) is 16.0 Å². The maximum absolute atomic E-state index is 12.9. The molecule has 1 aliphatic rings. The zero-order chi connectivity index (χ0) is 33.4. The van der Waals surface area contributed by atoms with E-state index in [0.29, 0.717) is 29.2 Å². The number of carboxylic acids is 1. The number of hydrogen-bond acceptors (Lipinski definition) is 7. The lowest BCUT2D eigenvalue weighted by molar-refractivity contribution is -0.192. The van der Waals surface area contributed by atoms with E-state index >= 15 is 0 Å². The summed E-state index contributed by atoms with van der Waals surface area (Å²) in [6.45, 7) is 1.26. The summed E-state index contributed by atoms with van der Waals surface area (Å²) in [5.74, 6) is -0.532. The SMILES string of the molecule is O=C(O)C(F)(F)F.O=S(=O)(NCC1CCC(CNc2nc(Nc3ccccc3)c3ccccc3n2)CC1)c1ccc2ccccc2c1. The molecule has 4 aromatic carbocycles. The highest BCUT2D eigenvalue weighted by Crippen LogP contribution is 2.30. The van der Waals surface area contributed by atoms with Crippen molar-refractivity contribution in [3.8, 4) is 0 Å². The summed E-state index contributed by atoms with van der Waals surface area (Å²) in [4.78, 5) is 18.7. The number of rotatable bonds is 9. The molecule has 1 aromatic heterocycles. The van der Waals surface area contributed by atoms with E-state index in [1.54, 1.807) is 12.1 Å². The van der Waals surface area contributed by atoms with Gasteiger partial charge in [-0.25, -0.2) is 22.9 Å². The molecule has 0 bridgehead atoms. The highest BCUT2D eigenvalue weighted by atomic mass is 32.2. The Morgan fingerprint density at radius 3 is 2.06 bits per heavy atom. The predicted molar refractivity (Wildman–Crippen MR) is 176 cm³/mol. The molecular weight excluding hydrogens is 631 g/mol. The van der Waals surface area contributed by atoms with Gasteiger partial charge >= 0.3 is 12.1 Å². The summed E-state index contributed by atoms with van der Waals surface area (Å²) in [7, 11) is -3.54. The van der Waals surface area contributed by atoms with Crippen LogP contribution in [0.2, 0.25) is 0 Å². The number of aliphatic carboxylic acids is 1. The van der Waals surface area contributed by atoms with E-state index in [0.717, 1.165) is 65.4 Å². The normalized spacial score (nSPS) is 16.7. The van der Waals surface area contributed by atoms with Gasteiger partial charge in [0, 0.05) is 24.2 Å². The molecule has 4 N–H and O–H groups in total. The first-order valence-corrected chi connectivity index (χ1v) is 16.6. The molecule has 9 nitrogen and oxygen atoms in total. The number of alkyl halides is 3. The van der Waals surface area contributed by atoms with Crippen LogP contribution in [-0.2, 0) is 14.8 Å². The van der Waals surface area contributed by atoms with Crippen molar-refractivity contribution in [2.24, 2.45) is 11.8 Å². The number of fused-ring (bicyclic) bond motifs is 2. The van der Waals surface area contributed by atoms with E-state index in [4.69, 9.17) is 19.9 Å². The van der Waals surface area contributed by atoms with E-state index in [2.05, 4.69) is 15.4 Å². The van der Waals surface area contributed by atoms with Gasteiger partial charge in [-0.2, -0.15) is 18.2 Å². The largest absolute Gasteiger partial charge is 0.490 e. The van der Waals surface area contributed by atoms with Crippen molar-refractivity contribution in [1.82, 2.24) is 14.7 Å². The molecule has 13 heteroatoms. The van der Waals surface area contributed by atoms with Gasteiger partial charge in [-0.3, -0.25) is 0 Å². The van der Waals surface area contributed by atoms with Crippen LogP contribution < -0.4 is 15.4 Å². The standard InChI is InChI=1S/C32H33N5O2S.C2HF3O2/c38-40(39,28-19-18-25-8-4-5-9-26(25)20-28)34-22-24-16-14-23(15-17-24)21-33-32-36-30-13-7-6-12-29(30)31(37-32)35-27-10-2-1-3-11-27;3-2(4,5)1(6)7/h1-13,18-20,23-24,34H,14-17,21-22H2,(H2,33,35,36,37);(H,6,7). The van der Waals surface area contributed by atoms with E-state index in [1.807, 2.05) is 84.9 Å². The number of nitrogens with one attached hydrogen (secondary N) is 3. The van der Waals surface area contributed by atoms with Crippen molar-refractivity contribution in [2.75, 3.05) is 23.7 Å². The number of carboxylic acid groups (broad SMARTS) is 1. The third kappa shape index (κ3) is 9.17. The number of para-hydroxylation sites is 2. The molecule has 1 saturated carbocycles. The number of hydrogen-bond donors (Lipinski definition) is 4. The molecule has 47 heavy (non-hydrogen) atoms. The number of carbonyl (C=O) groups is 1. The summed E-state index contributed by atoms with van der Waals surface area (Å²) >= 11 is 0.